The summed E-state index contributed by atoms with van der Waals surface area (Å²) < 4.78 is 108. The minimum Gasteiger partial charge on any atom is -0.434 e. The van der Waals surface area contributed by atoms with Gasteiger partial charge in [-0.15, -0.1) is 0 Å². The van der Waals surface area contributed by atoms with E-state index in [4.69, 9.17) is 48.7 Å². The lowest BCUT2D eigenvalue weighted by Crippen LogP contribution is -2.33. The molecule has 10 atom stereocenters. The minimum atomic E-state index is -4.77. The average Bonchev–Trinajstić information content (AvgIpc) is 4.02. The molecule has 64 heavy (non-hydrogen) atoms. The number of hydrogen-bond donors (Lipinski definition) is 4. The van der Waals surface area contributed by atoms with Crippen molar-refractivity contribution < 1.29 is 64.9 Å². The van der Waals surface area contributed by atoms with E-state index in [1.807, 2.05) is 0 Å². The maximum absolute atomic E-state index is 16.6. The number of alkyl halides is 2. The highest BCUT2D eigenvalue weighted by Crippen LogP contribution is 2.63. The number of hydrogen-bond acceptors (Lipinski definition) is 20. The molecule has 0 radical (unpaired) electrons. The van der Waals surface area contributed by atoms with E-state index in [-0.39, 0.29) is 47.1 Å². The van der Waals surface area contributed by atoms with Crippen LogP contribution in [0, 0.1) is 0 Å². The van der Waals surface area contributed by atoms with Gasteiger partial charge in [-0.1, -0.05) is 64.7 Å². The first-order chi connectivity index (χ1) is 30.8. The average molecular weight is 965 g/mol. The third kappa shape index (κ3) is 11.6. The van der Waals surface area contributed by atoms with Crippen molar-refractivity contribution >= 4 is 66.0 Å². The van der Waals surface area contributed by atoms with Crippen LogP contribution in [0.1, 0.15) is 90.0 Å². The minimum absolute atomic E-state index is 0.0280. The Balaban J connectivity index is 1.07. The van der Waals surface area contributed by atoms with Crippen LogP contribution < -0.4 is 17.0 Å². The number of carbonyl (C=O) groups is 1. The van der Waals surface area contributed by atoms with E-state index >= 15 is 8.78 Å². The molecule has 0 aliphatic carbocycles. The number of aromatic amines is 1. The molecular weight excluding hydrogens is 912 g/mol. The number of unbranched alkanes of at least 4 members (excludes halogenated alkanes) is 9. The second-order valence-corrected chi connectivity index (χ2v) is 21.1. The van der Waals surface area contributed by atoms with Crippen molar-refractivity contribution in [3.63, 3.8) is 0 Å². The number of nitrogens with two attached hydrogens (primary N) is 2. The van der Waals surface area contributed by atoms with Crippen molar-refractivity contribution in [2.24, 2.45) is 0 Å². The molecule has 4 aromatic heterocycles. The molecule has 7 heterocycles. The Morgan fingerprint density at radius 1 is 0.891 bits per heavy atom. The van der Waals surface area contributed by atoms with Crippen LogP contribution in [0.4, 0.5) is 25.3 Å². The zero-order valence-corrected chi connectivity index (χ0v) is 37.5. The van der Waals surface area contributed by atoms with E-state index in [0.717, 1.165) is 42.9 Å². The molecule has 2 unspecified atom stereocenters. The first-order valence-corrected chi connectivity index (χ1v) is 25.9. The van der Waals surface area contributed by atoms with Crippen LogP contribution in [-0.4, -0.2) is 119 Å². The largest absolute Gasteiger partial charge is 0.509 e. The molecule has 7 rings (SSSR count). The third-order valence-electron chi connectivity index (χ3n) is 10.8. The zero-order valence-electron chi connectivity index (χ0n) is 34.9. The summed E-state index contributed by atoms with van der Waals surface area (Å²) in [5.41, 5.74) is 10.9. The molecule has 23 nitrogen and oxygen atoms in total. The lowest BCUT2D eigenvalue weighted by atomic mass is 10.1. The van der Waals surface area contributed by atoms with Gasteiger partial charge in [-0.25, -0.2) is 38.1 Å². The van der Waals surface area contributed by atoms with Gasteiger partial charge in [0.1, 0.15) is 36.5 Å². The van der Waals surface area contributed by atoms with E-state index in [9.17, 15) is 23.6 Å². The van der Waals surface area contributed by atoms with E-state index in [2.05, 4.69) is 36.8 Å². The fourth-order valence-electron chi connectivity index (χ4n) is 7.56. The summed E-state index contributed by atoms with van der Waals surface area (Å²) in [4.78, 5) is 58.6. The van der Waals surface area contributed by atoms with Crippen molar-refractivity contribution in [3.8, 4) is 0 Å². The van der Waals surface area contributed by atoms with Crippen molar-refractivity contribution in [2.75, 3.05) is 43.6 Å². The number of rotatable bonds is 16. The van der Waals surface area contributed by atoms with Crippen LogP contribution in [0.3, 0.4) is 0 Å². The smallest absolute Gasteiger partial charge is 0.434 e. The molecule has 0 spiro atoms. The number of nitrogens with zero attached hydrogens (tertiary/aromatic N) is 7. The predicted molar refractivity (Wildman–Crippen MR) is 225 cm³/mol. The summed E-state index contributed by atoms with van der Waals surface area (Å²) in [6.45, 7) is -3.80. The van der Waals surface area contributed by atoms with Crippen molar-refractivity contribution in [1.29, 1.82) is 0 Å². The van der Waals surface area contributed by atoms with Gasteiger partial charge >= 0.3 is 20.5 Å². The predicted octanol–water partition coefficient (Wildman–Crippen LogP) is 5.82. The lowest BCUT2D eigenvalue weighted by Gasteiger charge is -2.26. The number of carbonyl (C=O) groups excluding carboxylic acids is 1. The summed E-state index contributed by atoms with van der Waals surface area (Å²) in [5, 5.41) is 0. The van der Waals surface area contributed by atoms with E-state index < -0.39 is 101 Å². The van der Waals surface area contributed by atoms with Crippen LogP contribution in [0.15, 0.2) is 23.8 Å². The third-order valence-corrected chi connectivity index (χ3v) is 15.2. The number of fused-ring (bicyclic) bond motifs is 5. The number of anilines is 2. The van der Waals surface area contributed by atoms with Crippen LogP contribution in [-0.2, 0) is 46.4 Å². The van der Waals surface area contributed by atoms with Crippen LogP contribution in [0.5, 0.6) is 0 Å². The van der Waals surface area contributed by atoms with E-state index in [1.54, 1.807) is 0 Å². The Kier molecular flexibility index (Phi) is 16.3. The summed E-state index contributed by atoms with van der Waals surface area (Å²) in [5.74, 6) is -0.933. The number of ether oxygens (including phenoxy) is 5. The molecule has 2 bridgehead atoms. The van der Waals surface area contributed by atoms with E-state index in [1.165, 1.54) is 43.0 Å². The Morgan fingerprint density at radius 3 is 2.33 bits per heavy atom. The molecule has 0 aromatic carbocycles. The molecule has 354 valence electrons. The molecule has 6 N–H and O–H groups in total. The summed E-state index contributed by atoms with van der Waals surface area (Å²) in [7, 11) is -4.77. The highest BCUT2D eigenvalue weighted by atomic mass is 32.7. The molecule has 0 amide bonds. The van der Waals surface area contributed by atoms with Gasteiger partial charge in [0.15, 0.2) is 53.4 Å². The summed E-state index contributed by atoms with van der Waals surface area (Å²) in [6.07, 6.45) is -1.68. The topological polar surface area (TPSA) is 304 Å². The molecule has 4 aromatic rings. The Bertz CT molecular complexity index is 2370. The van der Waals surface area contributed by atoms with Gasteiger partial charge in [-0.05, 0) is 6.42 Å². The maximum atomic E-state index is 16.6. The van der Waals surface area contributed by atoms with Crippen molar-refractivity contribution in [2.45, 2.75) is 127 Å². The summed E-state index contributed by atoms with van der Waals surface area (Å²) in [6, 6.07) is 0. The Hall–Kier alpha value is -3.84. The molecule has 28 heteroatoms. The second-order valence-electron chi connectivity index (χ2n) is 15.4. The fraction of sp³-hybridized carbons (Fsp3) is 0.694. The molecule has 3 saturated heterocycles. The van der Waals surface area contributed by atoms with Gasteiger partial charge in [0.2, 0.25) is 5.95 Å². The molecule has 3 fully saturated rings. The van der Waals surface area contributed by atoms with Gasteiger partial charge in [-0.2, -0.15) is 4.98 Å². The number of aromatic nitrogens is 8. The number of halogens is 2. The van der Waals surface area contributed by atoms with Crippen molar-refractivity contribution in [1.82, 2.24) is 39.0 Å². The molecular formula is C36H52F2N10O13P2S. The number of imidazole rings is 2. The van der Waals surface area contributed by atoms with E-state index in [0.29, 0.717) is 17.8 Å². The quantitative estimate of drug-likeness (QED) is 0.0445. The van der Waals surface area contributed by atoms with Gasteiger partial charge < -0.3 is 49.1 Å². The van der Waals surface area contributed by atoms with Gasteiger partial charge in [0.05, 0.1) is 38.6 Å². The zero-order chi connectivity index (χ0) is 45.4. The Labute approximate surface area is 368 Å². The maximum Gasteiger partial charge on any atom is 0.509 e. The number of nitrogens with one attached hydrogen (secondary N) is 1. The summed E-state index contributed by atoms with van der Waals surface area (Å²) >= 11 is 0.376. The number of H-pyrrole nitrogens is 1. The SMILES string of the molecule is CCCCCCCCCCCCOC(=O)OCSP1(=O)OCC[C@H]2O[C@@H](n3cnc4c(N)ncnc43)[C@H](F)[C@@H]2OCP(=O)(O)OC[C@H]2O[C@@H](n3cnc4c(=O)[nH]c(N)nc43)[C@H](O1)[C@@H]2F. The second kappa shape index (κ2) is 21.6. The monoisotopic (exact) mass is 964 g/mol. The highest BCUT2D eigenvalue weighted by molar-refractivity contribution is 8.55. The number of nitrogen functional groups attached to an aromatic ring is 2. The normalized spacial score (nSPS) is 30.2. The van der Waals surface area contributed by atoms with Crippen LogP contribution in [0.2, 0.25) is 0 Å². The molecule has 0 saturated carbocycles. The van der Waals surface area contributed by atoms with Gasteiger partial charge in [-0.3, -0.25) is 28.0 Å². The highest BCUT2D eigenvalue weighted by Gasteiger charge is 2.53. The molecule has 3 aliphatic rings. The fourth-order valence-corrected chi connectivity index (χ4v) is 11.2. The van der Waals surface area contributed by atoms with Gasteiger partial charge in [0.25, 0.3) is 5.56 Å². The lowest BCUT2D eigenvalue weighted by molar-refractivity contribution is -0.0525. The van der Waals surface area contributed by atoms with Crippen molar-refractivity contribution in [3.05, 3.63) is 29.3 Å². The van der Waals surface area contributed by atoms with Gasteiger partial charge in [0, 0.05) is 17.8 Å². The van der Waals surface area contributed by atoms with Crippen LogP contribution in [0.25, 0.3) is 22.3 Å². The Morgan fingerprint density at radius 2 is 1.58 bits per heavy atom. The molecule has 3 aliphatic heterocycles. The first-order valence-electron chi connectivity index (χ1n) is 21.0. The van der Waals surface area contributed by atoms with Crippen LogP contribution >= 0.6 is 25.8 Å². The standard InChI is InChI=1S/C36H52F2N10O13P2S/c1-2-3-4-5-6-7-8-9-10-11-13-54-36(50)56-20-64-63(53)57-14-12-21-27(24(38)33(59-21)47-17-43-25-29(39)41-16-42-30(25)47)55-19-62(51,52)58-15-22-23(37)28(61-63)34(60-22)48-18-44-26-31(48)45-35(40)46-32(26)49/h16-18,21-24,27-28,33-34H,2-15,19-20H2,1H3,(H,51,52)(H2,39,41,42)(H3,40,45,46,49)/t21-,22-,23-,24-,27-,28-,33-,34-,63?/m1/s1. The first kappa shape index (κ1) is 48.1.